The van der Waals surface area contributed by atoms with E-state index in [9.17, 15) is 4.79 Å². The van der Waals surface area contributed by atoms with Gasteiger partial charge in [0.25, 0.3) is 5.91 Å². The summed E-state index contributed by atoms with van der Waals surface area (Å²) in [6, 6.07) is 7.09. The van der Waals surface area contributed by atoms with E-state index in [1.165, 1.54) is 0 Å². The molecule has 1 fully saturated rings. The minimum absolute atomic E-state index is 0.0292. The third-order valence-corrected chi connectivity index (χ3v) is 4.06. The lowest BCUT2D eigenvalue weighted by atomic mass is 9.97. The number of hydrogen-bond donors (Lipinski definition) is 2. The van der Waals surface area contributed by atoms with Crippen molar-refractivity contribution in [2.24, 2.45) is 11.7 Å². The molecule has 20 heavy (non-hydrogen) atoms. The average molecular weight is 291 g/mol. The minimum atomic E-state index is -0.0292. The Balaban J connectivity index is 1.84. The summed E-state index contributed by atoms with van der Waals surface area (Å²) in [5.41, 5.74) is 6.97. The van der Waals surface area contributed by atoms with E-state index in [1.54, 1.807) is 24.3 Å². The van der Waals surface area contributed by atoms with Crippen LogP contribution in [0.15, 0.2) is 24.3 Å². The third-order valence-electron chi connectivity index (χ3n) is 3.82. The molecule has 0 atom stereocenters. The van der Waals surface area contributed by atoms with Crippen molar-refractivity contribution < 1.29 is 4.79 Å². The van der Waals surface area contributed by atoms with Crippen LogP contribution in [-0.4, -0.2) is 42.5 Å². The van der Waals surface area contributed by atoms with E-state index < -0.39 is 0 Å². The van der Waals surface area contributed by atoms with Gasteiger partial charge >= 0.3 is 0 Å². The Kier molecular flexibility index (Phi) is 5.09. The quantitative estimate of drug-likeness (QED) is 0.823. The van der Waals surface area contributed by atoms with Crippen LogP contribution in [0.5, 0.6) is 0 Å². The molecular weight excluding hydrogens is 270 g/mol. The number of likely N-dealkylation sites (tertiary alicyclic amines) is 1. The number of thiocarbonyl (C=S) groups is 1. The van der Waals surface area contributed by atoms with Crippen LogP contribution in [-0.2, 0) is 0 Å². The molecule has 5 heteroatoms. The van der Waals surface area contributed by atoms with Crippen molar-refractivity contribution >= 4 is 23.1 Å². The lowest BCUT2D eigenvalue weighted by Crippen LogP contribution is -2.36. The van der Waals surface area contributed by atoms with Gasteiger partial charge in [0.2, 0.25) is 0 Å². The second kappa shape index (κ2) is 6.81. The molecule has 3 N–H and O–H groups in total. The number of carbonyl (C=O) groups is 1. The molecule has 108 valence electrons. The number of nitrogens with two attached hydrogens (primary N) is 1. The van der Waals surface area contributed by atoms with E-state index in [0.717, 1.165) is 38.0 Å². The molecule has 1 aliphatic rings. The Bertz CT molecular complexity index is 478. The molecule has 4 nitrogen and oxygen atoms in total. The standard InChI is InChI=1S/C15H21N3OS/c1-18-8-6-11(7-9-18)10-17-15(19)13-4-2-12(3-5-13)14(16)20/h2-5,11H,6-10H2,1H3,(H2,16,20)(H,17,19). The average Bonchev–Trinajstić information content (AvgIpc) is 2.46. The molecule has 1 aromatic carbocycles. The van der Waals surface area contributed by atoms with Gasteiger partial charge in [0.1, 0.15) is 4.99 Å². The van der Waals surface area contributed by atoms with Crippen LogP contribution in [0.1, 0.15) is 28.8 Å². The summed E-state index contributed by atoms with van der Waals surface area (Å²) in [6.45, 7) is 2.98. The zero-order chi connectivity index (χ0) is 14.5. The Morgan fingerprint density at radius 3 is 2.40 bits per heavy atom. The van der Waals surface area contributed by atoms with E-state index in [0.29, 0.717) is 16.5 Å². The van der Waals surface area contributed by atoms with Gasteiger partial charge in [-0.05, 0) is 51.0 Å². The van der Waals surface area contributed by atoms with Gasteiger partial charge in [0.05, 0.1) is 0 Å². The van der Waals surface area contributed by atoms with E-state index in [2.05, 4.69) is 17.3 Å². The fourth-order valence-corrected chi connectivity index (χ4v) is 2.53. The maximum atomic E-state index is 12.0. The van der Waals surface area contributed by atoms with Crippen molar-refractivity contribution in [1.29, 1.82) is 0 Å². The molecule has 0 saturated carbocycles. The lowest BCUT2D eigenvalue weighted by molar-refractivity contribution is 0.0939. The van der Waals surface area contributed by atoms with Crippen molar-refractivity contribution in [1.82, 2.24) is 10.2 Å². The smallest absolute Gasteiger partial charge is 0.251 e. The fourth-order valence-electron chi connectivity index (χ4n) is 2.39. The van der Waals surface area contributed by atoms with Gasteiger partial charge < -0.3 is 16.0 Å². The molecule has 1 heterocycles. The van der Waals surface area contributed by atoms with Crippen LogP contribution in [0.2, 0.25) is 0 Å². The van der Waals surface area contributed by atoms with Crippen LogP contribution in [0.25, 0.3) is 0 Å². The SMILES string of the molecule is CN1CCC(CNC(=O)c2ccc(C(N)=S)cc2)CC1. The van der Waals surface area contributed by atoms with E-state index in [1.807, 2.05) is 0 Å². The summed E-state index contributed by atoms with van der Waals surface area (Å²) in [6.07, 6.45) is 2.30. The first kappa shape index (κ1) is 14.9. The zero-order valence-electron chi connectivity index (χ0n) is 11.8. The van der Waals surface area contributed by atoms with Crippen molar-refractivity contribution in [2.75, 3.05) is 26.7 Å². The van der Waals surface area contributed by atoms with E-state index >= 15 is 0 Å². The molecule has 1 aromatic rings. The Labute approximate surface area is 125 Å². The van der Waals surface area contributed by atoms with Crippen LogP contribution < -0.4 is 11.1 Å². The summed E-state index contributed by atoms with van der Waals surface area (Å²) >= 11 is 4.89. The van der Waals surface area contributed by atoms with Gasteiger partial charge in [-0.25, -0.2) is 0 Å². The highest BCUT2D eigenvalue weighted by Gasteiger charge is 2.17. The molecular formula is C15H21N3OS. The monoisotopic (exact) mass is 291 g/mol. The molecule has 1 amide bonds. The maximum Gasteiger partial charge on any atom is 0.251 e. The molecule has 0 aliphatic carbocycles. The van der Waals surface area contributed by atoms with Crippen LogP contribution in [0.3, 0.4) is 0 Å². The molecule has 1 saturated heterocycles. The summed E-state index contributed by atoms with van der Waals surface area (Å²) in [5.74, 6) is 0.560. The highest BCUT2D eigenvalue weighted by atomic mass is 32.1. The Morgan fingerprint density at radius 1 is 1.30 bits per heavy atom. The largest absolute Gasteiger partial charge is 0.389 e. The number of nitrogens with one attached hydrogen (secondary N) is 1. The van der Waals surface area contributed by atoms with Gasteiger partial charge in [-0.3, -0.25) is 4.79 Å². The predicted molar refractivity (Wildman–Crippen MR) is 84.9 cm³/mol. The molecule has 1 aliphatic heterocycles. The lowest BCUT2D eigenvalue weighted by Gasteiger charge is -2.28. The fraction of sp³-hybridized carbons (Fsp3) is 0.467. The van der Waals surface area contributed by atoms with E-state index in [4.69, 9.17) is 18.0 Å². The van der Waals surface area contributed by atoms with Gasteiger partial charge in [-0.1, -0.05) is 24.4 Å². The number of nitrogens with zero attached hydrogens (tertiary/aromatic N) is 1. The Morgan fingerprint density at radius 2 is 1.85 bits per heavy atom. The first-order chi connectivity index (χ1) is 9.56. The molecule has 0 unspecified atom stereocenters. The summed E-state index contributed by atoms with van der Waals surface area (Å²) < 4.78 is 0. The summed E-state index contributed by atoms with van der Waals surface area (Å²) in [5, 5.41) is 3.01. The second-order valence-corrected chi connectivity index (χ2v) is 5.84. The van der Waals surface area contributed by atoms with Crippen LogP contribution in [0, 0.1) is 5.92 Å². The van der Waals surface area contributed by atoms with Gasteiger partial charge in [0, 0.05) is 17.7 Å². The number of hydrogen-bond acceptors (Lipinski definition) is 3. The van der Waals surface area contributed by atoms with Crippen molar-refractivity contribution in [3.8, 4) is 0 Å². The minimum Gasteiger partial charge on any atom is -0.389 e. The number of carbonyl (C=O) groups excluding carboxylic acids is 1. The van der Waals surface area contributed by atoms with Gasteiger partial charge in [-0.15, -0.1) is 0 Å². The third kappa shape index (κ3) is 4.02. The molecule has 0 radical (unpaired) electrons. The zero-order valence-corrected chi connectivity index (χ0v) is 12.6. The predicted octanol–water partition coefficient (Wildman–Crippen LogP) is 1.39. The number of benzene rings is 1. The summed E-state index contributed by atoms with van der Waals surface area (Å²) in [7, 11) is 2.14. The highest BCUT2D eigenvalue weighted by molar-refractivity contribution is 7.80. The van der Waals surface area contributed by atoms with Gasteiger partial charge in [-0.2, -0.15) is 0 Å². The Hall–Kier alpha value is -1.46. The van der Waals surface area contributed by atoms with E-state index in [-0.39, 0.29) is 5.91 Å². The topological polar surface area (TPSA) is 58.4 Å². The molecule has 0 bridgehead atoms. The molecule has 0 spiro atoms. The first-order valence-corrected chi connectivity index (χ1v) is 7.33. The normalized spacial score (nSPS) is 16.9. The highest BCUT2D eigenvalue weighted by Crippen LogP contribution is 2.15. The van der Waals surface area contributed by atoms with Crippen molar-refractivity contribution in [3.05, 3.63) is 35.4 Å². The first-order valence-electron chi connectivity index (χ1n) is 6.93. The van der Waals surface area contributed by atoms with Crippen LogP contribution >= 0.6 is 12.2 Å². The number of amides is 1. The number of piperidine rings is 1. The van der Waals surface area contributed by atoms with Crippen molar-refractivity contribution in [3.63, 3.8) is 0 Å². The summed E-state index contributed by atoms with van der Waals surface area (Å²) in [4.78, 5) is 14.7. The van der Waals surface area contributed by atoms with Crippen molar-refractivity contribution in [2.45, 2.75) is 12.8 Å². The van der Waals surface area contributed by atoms with Gasteiger partial charge in [0.15, 0.2) is 0 Å². The second-order valence-electron chi connectivity index (χ2n) is 5.40. The molecule has 0 aromatic heterocycles. The maximum absolute atomic E-state index is 12.0. The molecule has 2 rings (SSSR count). The number of rotatable bonds is 4. The van der Waals surface area contributed by atoms with Crippen LogP contribution in [0.4, 0.5) is 0 Å².